The van der Waals surface area contributed by atoms with Gasteiger partial charge in [0.25, 0.3) is 0 Å². The summed E-state index contributed by atoms with van der Waals surface area (Å²) in [5.74, 6) is 0. The van der Waals surface area contributed by atoms with Crippen molar-refractivity contribution in [3.63, 3.8) is 0 Å². The van der Waals surface area contributed by atoms with Crippen molar-refractivity contribution < 1.29 is 5.11 Å². The molecule has 0 bridgehead atoms. The lowest BCUT2D eigenvalue weighted by atomic mass is 9.87. The van der Waals surface area contributed by atoms with Gasteiger partial charge in [0.2, 0.25) is 0 Å². The fourth-order valence-electron chi connectivity index (χ4n) is 1.35. The fourth-order valence-corrected chi connectivity index (χ4v) is 2.27. The van der Waals surface area contributed by atoms with Crippen LogP contribution in [-0.4, -0.2) is 16.5 Å². The molecule has 1 aromatic rings. The molecule has 16 heavy (non-hydrogen) atoms. The van der Waals surface area contributed by atoms with Crippen molar-refractivity contribution in [1.29, 1.82) is 0 Å². The number of benzene rings is 1. The number of thioether (sulfide) groups is 1. The second-order valence-corrected chi connectivity index (χ2v) is 6.79. The monoisotopic (exact) mass is 238 g/mol. The molecule has 0 saturated carbocycles. The lowest BCUT2D eigenvalue weighted by molar-refractivity contribution is 0.196. The highest BCUT2D eigenvalue weighted by molar-refractivity contribution is 8.00. The number of hydrogen-bond donors (Lipinski definition) is 1. The smallest absolute Gasteiger partial charge is 0.0631 e. The van der Waals surface area contributed by atoms with Crippen molar-refractivity contribution in [2.24, 2.45) is 0 Å². The predicted octanol–water partition coefficient (Wildman–Crippen LogP) is 3.85. The molecular weight excluding hydrogens is 216 g/mol. The number of aliphatic hydroxyl groups is 1. The maximum Gasteiger partial charge on any atom is 0.0631 e. The molecule has 0 aromatic heterocycles. The van der Waals surface area contributed by atoms with Crippen LogP contribution in [0.4, 0.5) is 0 Å². The lowest BCUT2D eigenvalue weighted by Crippen LogP contribution is -2.15. The molecule has 0 spiro atoms. The average molecular weight is 238 g/mol. The zero-order valence-corrected chi connectivity index (χ0v) is 11.6. The van der Waals surface area contributed by atoms with E-state index in [4.69, 9.17) is 0 Å². The number of hydrogen-bond acceptors (Lipinski definition) is 2. The molecule has 0 aliphatic carbocycles. The normalized spacial score (nSPS) is 15.9. The van der Waals surface area contributed by atoms with Crippen LogP contribution in [0, 0.1) is 0 Å². The Labute approximate surface area is 103 Å². The molecule has 0 fully saturated rings. The molecule has 2 atom stereocenters. The van der Waals surface area contributed by atoms with E-state index in [1.54, 1.807) is 11.8 Å². The van der Waals surface area contributed by atoms with E-state index in [1.165, 1.54) is 10.5 Å². The van der Waals surface area contributed by atoms with Crippen LogP contribution in [0.3, 0.4) is 0 Å². The average Bonchev–Trinajstić information content (AvgIpc) is 2.17. The molecule has 1 aromatic carbocycles. The van der Waals surface area contributed by atoms with Crippen LogP contribution in [0.5, 0.6) is 0 Å². The Balaban J connectivity index is 2.72. The molecule has 0 unspecified atom stereocenters. The Kier molecular flexibility index (Phi) is 4.45. The predicted molar refractivity (Wildman–Crippen MR) is 72.1 cm³/mol. The second-order valence-electron chi connectivity index (χ2n) is 5.34. The van der Waals surface area contributed by atoms with Crippen LogP contribution in [0.15, 0.2) is 29.2 Å². The van der Waals surface area contributed by atoms with Crippen LogP contribution in [0.25, 0.3) is 0 Å². The third kappa shape index (κ3) is 3.84. The maximum absolute atomic E-state index is 9.45. The molecule has 0 aliphatic rings. The third-order valence-corrected chi connectivity index (χ3v) is 4.03. The summed E-state index contributed by atoms with van der Waals surface area (Å²) in [6.07, 6.45) is -0.271. The van der Waals surface area contributed by atoms with Gasteiger partial charge in [-0.3, -0.25) is 0 Å². The van der Waals surface area contributed by atoms with Gasteiger partial charge in [-0.25, -0.2) is 0 Å². The Bertz CT molecular complexity index is 322. The summed E-state index contributed by atoms with van der Waals surface area (Å²) in [6.45, 7) is 10.5. The van der Waals surface area contributed by atoms with E-state index in [2.05, 4.69) is 45.0 Å². The first-order valence-electron chi connectivity index (χ1n) is 5.76. The molecule has 2 heteroatoms. The minimum absolute atomic E-state index is 0.207. The van der Waals surface area contributed by atoms with Gasteiger partial charge in [0.1, 0.15) is 0 Å². The van der Waals surface area contributed by atoms with Gasteiger partial charge in [0, 0.05) is 10.1 Å². The Morgan fingerprint density at radius 3 is 1.94 bits per heavy atom. The quantitative estimate of drug-likeness (QED) is 0.807. The van der Waals surface area contributed by atoms with Gasteiger partial charge in [0.05, 0.1) is 6.10 Å². The van der Waals surface area contributed by atoms with Gasteiger partial charge in [0.15, 0.2) is 0 Å². The van der Waals surface area contributed by atoms with Crippen molar-refractivity contribution in [2.45, 2.75) is 56.3 Å². The summed E-state index contributed by atoms with van der Waals surface area (Å²) in [5, 5.41) is 9.68. The van der Waals surface area contributed by atoms with Crippen LogP contribution < -0.4 is 0 Å². The third-order valence-electron chi connectivity index (χ3n) is 2.72. The van der Waals surface area contributed by atoms with Gasteiger partial charge >= 0.3 is 0 Å². The number of aliphatic hydroxyl groups excluding tert-OH is 1. The Hall–Kier alpha value is -0.470. The summed E-state index contributed by atoms with van der Waals surface area (Å²) < 4.78 is 0. The molecule has 90 valence electrons. The Morgan fingerprint density at radius 1 is 1.06 bits per heavy atom. The molecule has 0 saturated heterocycles. The van der Waals surface area contributed by atoms with E-state index in [0.29, 0.717) is 0 Å². The topological polar surface area (TPSA) is 20.2 Å². The molecule has 0 amide bonds. The standard InChI is InChI=1S/C14H22OS/c1-10(15)11(2)16-13-8-6-12(7-9-13)14(3,4)5/h6-11,15H,1-5H3/t10-,11-/m0/s1. The second kappa shape index (κ2) is 5.24. The fraction of sp³-hybridized carbons (Fsp3) is 0.571. The minimum Gasteiger partial charge on any atom is -0.392 e. The summed E-state index contributed by atoms with van der Waals surface area (Å²) in [5.41, 5.74) is 1.56. The van der Waals surface area contributed by atoms with E-state index in [9.17, 15) is 5.11 Å². The van der Waals surface area contributed by atoms with Crippen molar-refractivity contribution in [3.8, 4) is 0 Å². The van der Waals surface area contributed by atoms with E-state index in [-0.39, 0.29) is 16.8 Å². The van der Waals surface area contributed by atoms with Crippen molar-refractivity contribution in [2.75, 3.05) is 0 Å². The number of rotatable bonds is 3. The highest BCUT2D eigenvalue weighted by Crippen LogP contribution is 2.28. The first-order chi connectivity index (χ1) is 7.30. The van der Waals surface area contributed by atoms with E-state index in [0.717, 1.165) is 0 Å². The van der Waals surface area contributed by atoms with Gasteiger partial charge < -0.3 is 5.11 Å². The summed E-state index contributed by atoms with van der Waals surface area (Å²) in [4.78, 5) is 1.22. The highest BCUT2D eigenvalue weighted by atomic mass is 32.2. The van der Waals surface area contributed by atoms with E-state index < -0.39 is 0 Å². The first kappa shape index (κ1) is 13.6. The summed E-state index contributed by atoms with van der Waals surface area (Å²) in [6, 6.07) is 8.64. The molecule has 1 N–H and O–H groups in total. The largest absolute Gasteiger partial charge is 0.392 e. The van der Waals surface area contributed by atoms with Crippen LogP contribution in [0.2, 0.25) is 0 Å². The molecule has 0 aliphatic heterocycles. The highest BCUT2D eigenvalue weighted by Gasteiger charge is 2.14. The minimum atomic E-state index is -0.271. The molecule has 1 nitrogen and oxygen atoms in total. The molecule has 0 radical (unpaired) electrons. The summed E-state index contributed by atoms with van der Waals surface area (Å²) >= 11 is 1.72. The zero-order chi connectivity index (χ0) is 12.3. The lowest BCUT2D eigenvalue weighted by Gasteiger charge is -2.20. The van der Waals surface area contributed by atoms with Gasteiger partial charge in [-0.05, 0) is 30.0 Å². The zero-order valence-electron chi connectivity index (χ0n) is 10.8. The molecular formula is C14H22OS. The van der Waals surface area contributed by atoms with Crippen molar-refractivity contribution in [3.05, 3.63) is 29.8 Å². The summed E-state index contributed by atoms with van der Waals surface area (Å²) in [7, 11) is 0. The van der Waals surface area contributed by atoms with Gasteiger partial charge in [-0.1, -0.05) is 39.8 Å². The molecule has 0 heterocycles. The first-order valence-corrected chi connectivity index (χ1v) is 6.64. The Morgan fingerprint density at radius 2 is 1.56 bits per heavy atom. The van der Waals surface area contributed by atoms with E-state index in [1.807, 2.05) is 13.8 Å². The van der Waals surface area contributed by atoms with Crippen LogP contribution in [-0.2, 0) is 5.41 Å². The van der Waals surface area contributed by atoms with Crippen molar-refractivity contribution in [1.82, 2.24) is 0 Å². The van der Waals surface area contributed by atoms with Crippen LogP contribution >= 0.6 is 11.8 Å². The van der Waals surface area contributed by atoms with Crippen molar-refractivity contribution >= 4 is 11.8 Å². The molecule has 1 rings (SSSR count). The van der Waals surface area contributed by atoms with E-state index >= 15 is 0 Å². The van der Waals surface area contributed by atoms with Gasteiger partial charge in [-0.15, -0.1) is 11.8 Å². The maximum atomic E-state index is 9.45. The van der Waals surface area contributed by atoms with Gasteiger partial charge in [-0.2, -0.15) is 0 Å². The SMILES string of the molecule is C[C@H](O)[C@H](C)Sc1ccc(C(C)(C)C)cc1. The van der Waals surface area contributed by atoms with Crippen LogP contribution in [0.1, 0.15) is 40.2 Å².